The maximum atomic E-state index is 14.0. The van der Waals surface area contributed by atoms with Crippen molar-refractivity contribution in [3.8, 4) is 0 Å². The summed E-state index contributed by atoms with van der Waals surface area (Å²) in [6.07, 6.45) is 4.02. The van der Waals surface area contributed by atoms with Crippen LogP contribution in [-0.4, -0.2) is 36.4 Å². The number of aliphatic carboxylic acids is 1. The first kappa shape index (κ1) is 28.9. The molecular weight excluding hydrogens is 437 g/mol. The molecule has 0 aliphatic rings. The number of halogens is 3. The Morgan fingerprint density at radius 2 is 1.42 bits per heavy atom. The Hall–Kier alpha value is -2.09. The van der Waals surface area contributed by atoms with Crippen molar-refractivity contribution in [1.29, 1.82) is 0 Å². The van der Waals surface area contributed by atoms with Crippen LogP contribution in [0, 0.1) is 0 Å². The minimum absolute atomic E-state index is 0.182. The van der Waals surface area contributed by atoms with Gasteiger partial charge in [-0.2, -0.15) is 13.2 Å². The number of hydrogen-bond donors (Lipinski definition) is 1. The number of methoxy groups -OCH3 is 1. The van der Waals surface area contributed by atoms with Crippen LogP contribution in [0.15, 0.2) is 30.3 Å². The van der Waals surface area contributed by atoms with Crippen LogP contribution in [0.2, 0.25) is 0 Å². The summed E-state index contributed by atoms with van der Waals surface area (Å²) in [5.74, 6) is -2.89. The summed E-state index contributed by atoms with van der Waals surface area (Å²) in [7, 11) is 0.788. The van der Waals surface area contributed by atoms with Crippen LogP contribution in [0.1, 0.15) is 89.5 Å². The van der Waals surface area contributed by atoms with Gasteiger partial charge in [-0.1, -0.05) is 95.0 Å². The van der Waals surface area contributed by atoms with Crippen LogP contribution in [-0.2, 0) is 24.7 Å². The standard InChI is InChI=1S/C25H37F3O5/c1-3-4-5-6-7-8-9-10-11-15-18-21(19-22(29)30)33-23(31)24(32-2,25(26,27)28)20-16-13-12-14-17-20/h12-14,16-17,21H,3-11,15,18-19H2,1-2H3,(H,29,30)/t21-,24-/m1/s1. The second kappa shape index (κ2) is 14.9. The lowest BCUT2D eigenvalue weighted by Crippen LogP contribution is -2.52. The fraction of sp³-hybridized carbons (Fsp3) is 0.680. The molecule has 0 radical (unpaired) electrons. The third kappa shape index (κ3) is 9.35. The molecule has 0 aliphatic carbocycles. The Labute approximate surface area is 194 Å². The lowest BCUT2D eigenvalue weighted by molar-refractivity contribution is -0.278. The minimum atomic E-state index is -5.09. The largest absolute Gasteiger partial charge is 0.481 e. The van der Waals surface area contributed by atoms with E-state index in [1.54, 1.807) is 0 Å². The van der Waals surface area contributed by atoms with E-state index in [4.69, 9.17) is 14.6 Å². The molecule has 33 heavy (non-hydrogen) atoms. The van der Waals surface area contributed by atoms with Gasteiger partial charge in [0.05, 0.1) is 6.42 Å². The Kier molecular flexibility index (Phi) is 13.1. The highest BCUT2D eigenvalue weighted by Crippen LogP contribution is 2.43. The summed E-state index contributed by atoms with van der Waals surface area (Å²) in [6.45, 7) is 2.18. The topological polar surface area (TPSA) is 72.8 Å². The molecule has 0 saturated carbocycles. The van der Waals surface area contributed by atoms with Crippen LogP contribution in [0.5, 0.6) is 0 Å². The highest BCUT2D eigenvalue weighted by atomic mass is 19.4. The molecule has 0 heterocycles. The van der Waals surface area contributed by atoms with Crippen molar-refractivity contribution in [1.82, 2.24) is 0 Å². The van der Waals surface area contributed by atoms with E-state index < -0.39 is 41.8 Å². The SMILES string of the molecule is CCCCCCCCCCCC[C@H](CC(=O)O)OC(=O)[C@](OC)(c1ccccc1)C(F)(F)F. The van der Waals surface area contributed by atoms with E-state index in [-0.39, 0.29) is 6.42 Å². The molecule has 5 nitrogen and oxygen atoms in total. The molecule has 8 heteroatoms. The number of esters is 1. The monoisotopic (exact) mass is 474 g/mol. The predicted molar refractivity (Wildman–Crippen MR) is 120 cm³/mol. The summed E-state index contributed by atoms with van der Waals surface area (Å²) in [5, 5.41) is 9.15. The van der Waals surface area contributed by atoms with Gasteiger partial charge < -0.3 is 14.6 Å². The molecule has 0 fully saturated rings. The fourth-order valence-electron chi connectivity index (χ4n) is 3.88. The van der Waals surface area contributed by atoms with Gasteiger partial charge in [0.2, 0.25) is 0 Å². The summed E-state index contributed by atoms with van der Waals surface area (Å²) >= 11 is 0. The predicted octanol–water partition coefficient (Wildman–Crippen LogP) is 6.79. The van der Waals surface area contributed by atoms with Crippen molar-refractivity contribution >= 4 is 11.9 Å². The number of carboxylic acid groups (broad SMARTS) is 1. The Bertz CT molecular complexity index is 693. The summed E-state index contributed by atoms with van der Waals surface area (Å²) < 4.78 is 51.8. The van der Waals surface area contributed by atoms with Crippen molar-refractivity contribution in [2.24, 2.45) is 0 Å². The highest BCUT2D eigenvalue weighted by molar-refractivity contribution is 5.83. The molecule has 0 saturated heterocycles. The number of ether oxygens (including phenoxy) is 2. The lowest BCUT2D eigenvalue weighted by atomic mass is 9.92. The van der Waals surface area contributed by atoms with Gasteiger partial charge in [0.25, 0.3) is 5.60 Å². The fourth-order valence-corrected chi connectivity index (χ4v) is 3.88. The third-order valence-corrected chi connectivity index (χ3v) is 5.73. The average molecular weight is 475 g/mol. The molecule has 2 atom stereocenters. The Morgan fingerprint density at radius 3 is 1.88 bits per heavy atom. The molecule has 188 valence electrons. The van der Waals surface area contributed by atoms with E-state index in [1.165, 1.54) is 50.3 Å². The number of hydrogen-bond acceptors (Lipinski definition) is 4. The first-order valence-electron chi connectivity index (χ1n) is 11.8. The first-order valence-corrected chi connectivity index (χ1v) is 11.8. The second-order valence-electron chi connectivity index (χ2n) is 8.34. The van der Waals surface area contributed by atoms with E-state index in [9.17, 15) is 22.8 Å². The molecule has 0 spiro atoms. The number of benzene rings is 1. The number of carboxylic acids is 1. The Balaban J connectivity index is 2.69. The molecule has 1 aromatic carbocycles. The lowest BCUT2D eigenvalue weighted by Gasteiger charge is -2.33. The van der Waals surface area contributed by atoms with Crippen LogP contribution < -0.4 is 0 Å². The zero-order valence-corrected chi connectivity index (χ0v) is 19.7. The van der Waals surface area contributed by atoms with Crippen molar-refractivity contribution in [3.05, 3.63) is 35.9 Å². The minimum Gasteiger partial charge on any atom is -0.481 e. The quantitative estimate of drug-likeness (QED) is 0.199. The van der Waals surface area contributed by atoms with Crippen LogP contribution in [0.3, 0.4) is 0 Å². The average Bonchev–Trinajstić information content (AvgIpc) is 2.75. The zero-order valence-electron chi connectivity index (χ0n) is 19.7. The number of rotatable bonds is 17. The number of carbonyl (C=O) groups excluding carboxylic acids is 1. The summed E-state index contributed by atoms with van der Waals surface area (Å²) in [5.41, 5.74) is -3.74. The van der Waals surface area contributed by atoms with Crippen molar-refractivity contribution in [2.45, 2.75) is 102 Å². The van der Waals surface area contributed by atoms with Gasteiger partial charge in [-0.3, -0.25) is 4.79 Å². The Morgan fingerprint density at radius 1 is 0.909 bits per heavy atom. The molecule has 1 rings (SSSR count). The van der Waals surface area contributed by atoms with Crippen molar-refractivity contribution < 1.29 is 37.3 Å². The smallest absolute Gasteiger partial charge is 0.432 e. The van der Waals surface area contributed by atoms with Gasteiger partial charge in [-0.25, -0.2) is 4.79 Å². The van der Waals surface area contributed by atoms with Gasteiger partial charge in [0.15, 0.2) is 0 Å². The highest BCUT2D eigenvalue weighted by Gasteiger charge is 2.64. The summed E-state index contributed by atoms with van der Waals surface area (Å²) in [4.78, 5) is 24.0. The normalized spacial score (nSPS) is 14.5. The molecule has 0 bridgehead atoms. The van der Waals surface area contributed by atoms with Crippen molar-refractivity contribution in [3.63, 3.8) is 0 Å². The number of alkyl halides is 3. The molecule has 0 aliphatic heterocycles. The van der Waals surface area contributed by atoms with Gasteiger partial charge in [0, 0.05) is 12.7 Å². The molecule has 1 aromatic rings. The second-order valence-corrected chi connectivity index (χ2v) is 8.34. The zero-order chi connectivity index (χ0) is 24.7. The molecule has 0 amide bonds. The molecule has 0 aromatic heterocycles. The number of carbonyl (C=O) groups is 2. The van der Waals surface area contributed by atoms with E-state index in [0.29, 0.717) is 6.42 Å². The van der Waals surface area contributed by atoms with E-state index in [0.717, 1.165) is 44.9 Å². The third-order valence-electron chi connectivity index (χ3n) is 5.73. The van der Waals surface area contributed by atoms with Crippen molar-refractivity contribution in [2.75, 3.05) is 7.11 Å². The van der Waals surface area contributed by atoms with Crippen LogP contribution in [0.25, 0.3) is 0 Å². The van der Waals surface area contributed by atoms with Gasteiger partial charge in [-0.05, 0) is 12.8 Å². The molecular formula is C25H37F3O5. The maximum Gasteiger partial charge on any atom is 0.432 e. The van der Waals surface area contributed by atoms with Gasteiger partial charge in [0.1, 0.15) is 6.10 Å². The molecule has 0 unspecified atom stereocenters. The van der Waals surface area contributed by atoms with E-state index in [1.807, 2.05) is 0 Å². The van der Waals surface area contributed by atoms with E-state index in [2.05, 4.69) is 6.92 Å². The van der Waals surface area contributed by atoms with Crippen LogP contribution >= 0.6 is 0 Å². The van der Waals surface area contributed by atoms with E-state index >= 15 is 0 Å². The molecule has 1 N–H and O–H groups in total. The van der Waals surface area contributed by atoms with Gasteiger partial charge in [-0.15, -0.1) is 0 Å². The van der Waals surface area contributed by atoms with Gasteiger partial charge >= 0.3 is 18.1 Å². The number of unbranched alkanes of at least 4 members (excludes halogenated alkanes) is 9. The van der Waals surface area contributed by atoms with Crippen LogP contribution in [0.4, 0.5) is 13.2 Å². The maximum absolute atomic E-state index is 14.0. The summed E-state index contributed by atoms with van der Waals surface area (Å²) in [6, 6.07) is 6.50. The first-order chi connectivity index (χ1) is 15.7.